The normalized spacial score (nSPS) is 13.8. The number of Topliss-reactive ketones (excluding diaryl/α,β-unsaturated/α-hetero) is 1. The van der Waals surface area contributed by atoms with Crippen molar-refractivity contribution >= 4 is 23.5 Å². The van der Waals surface area contributed by atoms with Crippen molar-refractivity contribution in [3.05, 3.63) is 41.3 Å². The quantitative estimate of drug-likeness (QED) is 0.483. The molecule has 3 heterocycles. The van der Waals surface area contributed by atoms with Crippen molar-refractivity contribution < 1.29 is 14.7 Å². The molecule has 0 aliphatic carbocycles. The Morgan fingerprint density at radius 2 is 2.00 bits per heavy atom. The third-order valence-electron chi connectivity index (χ3n) is 5.40. The number of nitrogens with one attached hydrogen (secondary N) is 2. The number of carbonyl (C=O) groups excluding carboxylic acids is 1. The molecule has 0 amide bonds. The summed E-state index contributed by atoms with van der Waals surface area (Å²) < 4.78 is 0. The van der Waals surface area contributed by atoms with E-state index in [0.29, 0.717) is 17.9 Å². The number of aromatic nitrogens is 3. The largest absolute Gasteiger partial charge is 0.481 e. The summed E-state index contributed by atoms with van der Waals surface area (Å²) in [6.45, 7) is 0.973. The van der Waals surface area contributed by atoms with Crippen LogP contribution in [0.1, 0.15) is 61.3 Å². The predicted octanol–water partition coefficient (Wildman–Crippen LogP) is 3.20. The molecular weight excluding hydrogens is 382 g/mol. The molecule has 30 heavy (non-hydrogen) atoms. The van der Waals surface area contributed by atoms with Crippen LogP contribution in [0.15, 0.2) is 24.5 Å². The van der Waals surface area contributed by atoms with Gasteiger partial charge >= 0.3 is 5.97 Å². The van der Waals surface area contributed by atoms with Gasteiger partial charge in [-0.3, -0.25) is 9.59 Å². The van der Waals surface area contributed by atoms with E-state index in [9.17, 15) is 14.7 Å². The molecule has 0 saturated carbocycles. The lowest BCUT2D eigenvalue weighted by Gasteiger charge is -2.17. The first-order chi connectivity index (χ1) is 14.6. The molecule has 8 heteroatoms. The molecule has 0 radical (unpaired) electrons. The number of carboxylic acids is 1. The number of hydrogen-bond acceptors (Lipinski definition) is 7. The Labute approximate surface area is 176 Å². The molecule has 0 spiro atoms. The van der Waals surface area contributed by atoms with Crippen molar-refractivity contribution in [1.82, 2.24) is 15.0 Å². The zero-order chi connectivity index (χ0) is 21.3. The lowest BCUT2D eigenvalue weighted by molar-refractivity contribution is -0.139. The number of anilines is 2. The van der Waals surface area contributed by atoms with E-state index in [1.807, 2.05) is 0 Å². The van der Waals surface area contributed by atoms with Crippen LogP contribution in [-0.2, 0) is 22.4 Å². The number of pyridine rings is 1. The van der Waals surface area contributed by atoms with Crippen LogP contribution in [-0.4, -0.2) is 45.4 Å². The highest BCUT2D eigenvalue weighted by Gasteiger charge is 2.21. The number of aryl methyl sites for hydroxylation is 2. The molecule has 2 aromatic heterocycles. The standard InChI is InChI=1S/C22H29N5O3/c1-23-22-25-13-16(14-26-22)19(21(29)30)11-10-18(28)7-3-2-6-17-9-8-15-5-4-12-24-20(15)27-17/h8-9,13-14,19H,2-7,10-12H2,1H3,(H,24,27)(H,29,30)(H,23,25,26)/t19-/m1/s1. The summed E-state index contributed by atoms with van der Waals surface area (Å²) >= 11 is 0. The van der Waals surface area contributed by atoms with E-state index in [1.54, 1.807) is 7.05 Å². The van der Waals surface area contributed by atoms with Crippen LogP contribution >= 0.6 is 0 Å². The number of hydrogen-bond donors (Lipinski definition) is 3. The Bertz CT molecular complexity index is 870. The zero-order valence-corrected chi connectivity index (χ0v) is 17.4. The number of unbranched alkanes of at least 4 members (excludes halogenated alkanes) is 1. The van der Waals surface area contributed by atoms with Crippen LogP contribution in [0, 0.1) is 0 Å². The second-order valence-corrected chi connectivity index (χ2v) is 7.61. The van der Waals surface area contributed by atoms with Crippen LogP contribution in [0.4, 0.5) is 11.8 Å². The summed E-state index contributed by atoms with van der Waals surface area (Å²) in [5, 5.41) is 15.6. The monoisotopic (exact) mass is 411 g/mol. The first kappa shape index (κ1) is 21.7. The van der Waals surface area contributed by atoms with Crippen molar-refractivity contribution in [3.63, 3.8) is 0 Å². The summed E-state index contributed by atoms with van der Waals surface area (Å²) in [5.41, 5.74) is 2.84. The van der Waals surface area contributed by atoms with E-state index in [0.717, 1.165) is 50.2 Å². The highest BCUT2D eigenvalue weighted by molar-refractivity contribution is 5.80. The van der Waals surface area contributed by atoms with E-state index < -0.39 is 11.9 Å². The molecule has 1 aliphatic heterocycles. The lowest BCUT2D eigenvalue weighted by atomic mass is 9.94. The minimum Gasteiger partial charge on any atom is -0.481 e. The Hall–Kier alpha value is -3.03. The molecule has 0 unspecified atom stereocenters. The first-order valence-electron chi connectivity index (χ1n) is 10.5. The summed E-state index contributed by atoms with van der Waals surface area (Å²) in [6.07, 6.45) is 8.70. The second-order valence-electron chi connectivity index (χ2n) is 7.61. The number of nitrogens with zero attached hydrogens (tertiary/aromatic N) is 3. The van der Waals surface area contributed by atoms with Crippen LogP contribution in [0.5, 0.6) is 0 Å². The van der Waals surface area contributed by atoms with Crippen molar-refractivity contribution in [2.45, 2.75) is 57.3 Å². The number of rotatable bonds is 11. The van der Waals surface area contributed by atoms with Crippen molar-refractivity contribution in [2.24, 2.45) is 0 Å². The van der Waals surface area contributed by atoms with Gasteiger partial charge in [0.1, 0.15) is 11.6 Å². The summed E-state index contributed by atoms with van der Waals surface area (Å²) in [7, 11) is 1.70. The molecule has 0 fully saturated rings. The van der Waals surface area contributed by atoms with E-state index >= 15 is 0 Å². The highest BCUT2D eigenvalue weighted by Crippen LogP contribution is 2.23. The molecule has 3 N–H and O–H groups in total. The minimum absolute atomic E-state index is 0.0917. The predicted molar refractivity (Wildman–Crippen MR) is 115 cm³/mol. The molecule has 3 rings (SSSR count). The van der Waals surface area contributed by atoms with E-state index in [-0.39, 0.29) is 18.6 Å². The summed E-state index contributed by atoms with van der Waals surface area (Å²) in [4.78, 5) is 36.6. The van der Waals surface area contributed by atoms with Crippen LogP contribution in [0.2, 0.25) is 0 Å². The number of carbonyl (C=O) groups is 2. The average Bonchev–Trinajstić information content (AvgIpc) is 2.77. The average molecular weight is 412 g/mol. The third-order valence-corrected chi connectivity index (χ3v) is 5.40. The second kappa shape index (κ2) is 10.7. The molecule has 0 saturated heterocycles. The smallest absolute Gasteiger partial charge is 0.311 e. The third kappa shape index (κ3) is 5.98. The summed E-state index contributed by atoms with van der Waals surface area (Å²) in [6, 6.07) is 4.22. The lowest BCUT2D eigenvalue weighted by Crippen LogP contribution is -2.14. The van der Waals surface area contributed by atoms with Gasteiger partial charge in [-0.1, -0.05) is 6.07 Å². The van der Waals surface area contributed by atoms with Crippen LogP contribution in [0.25, 0.3) is 0 Å². The van der Waals surface area contributed by atoms with Gasteiger partial charge in [0, 0.05) is 50.1 Å². The fraction of sp³-hybridized carbons (Fsp3) is 0.500. The zero-order valence-electron chi connectivity index (χ0n) is 17.4. The SMILES string of the molecule is CNc1ncc([C@@H](CCC(=O)CCCCc2ccc3c(n2)NCCC3)C(=O)O)cn1. The van der Waals surface area contributed by atoms with E-state index in [4.69, 9.17) is 0 Å². The highest BCUT2D eigenvalue weighted by atomic mass is 16.4. The molecule has 1 aliphatic rings. The molecule has 8 nitrogen and oxygen atoms in total. The maximum atomic E-state index is 12.2. The van der Waals surface area contributed by atoms with Gasteiger partial charge in [-0.15, -0.1) is 0 Å². The number of ketones is 1. The minimum atomic E-state index is -0.962. The van der Waals surface area contributed by atoms with Gasteiger partial charge in [-0.05, 0) is 50.2 Å². The fourth-order valence-corrected chi connectivity index (χ4v) is 3.65. The van der Waals surface area contributed by atoms with E-state index in [1.165, 1.54) is 18.0 Å². The van der Waals surface area contributed by atoms with Gasteiger partial charge in [0.05, 0.1) is 5.92 Å². The van der Waals surface area contributed by atoms with Crippen molar-refractivity contribution in [3.8, 4) is 0 Å². The van der Waals surface area contributed by atoms with Crippen molar-refractivity contribution in [2.75, 3.05) is 24.2 Å². The molecule has 160 valence electrons. The molecular formula is C22H29N5O3. The topological polar surface area (TPSA) is 117 Å². The Kier molecular flexibility index (Phi) is 7.70. The Balaban J connectivity index is 1.40. The number of aliphatic carboxylic acids is 1. The fourth-order valence-electron chi connectivity index (χ4n) is 3.65. The molecule has 1 atom stereocenters. The maximum Gasteiger partial charge on any atom is 0.311 e. The number of fused-ring (bicyclic) bond motifs is 1. The summed E-state index contributed by atoms with van der Waals surface area (Å²) in [5.74, 6) is -0.207. The molecule has 2 aromatic rings. The van der Waals surface area contributed by atoms with Gasteiger partial charge < -0.3 is 15.7 Å². The van der Waals surface area contributed by atoms with Gasteiger partial charge in [0.15, 0.2) is 0 Å². The maximum absolute atomic E-state index is 12.2. The molecule has 0 aromatic carbocycles. The number of carboxylic acid groups (broad SMARTS) is 1. The molecule has 0 bridgehead atoms. The Morgan fingerprint density at radius 1 is 1.20 bits per heavy atom. The van der Waals surface area contributed by atoms with Gasteiger partial charge in [0.25, 0.3) is 0 Å². The van der Waals surface area contributed by atoms with Gasteiger partial charge in [0.2, 0.25) is 5.95 Å². The van der Waals surface area contributed by atoms with E-state index in [2.05, 4.69) is 37.7 Å². The first-order valence-corrected chi connectivity index (χ1v) is 10.5. The van der Waals surface area contributed by atoms with Crippen LogP contribution in [0.3, 0.4) is 0 Å². The van der Waals surface area contributed by atoms with Crippen molar-refractivity contribution in [1.29, 1.82) is 0 Å². The Morgan fingerprint density at radius 3 is 2.73 bits per heavy atom. The van der Waals surface area contributed by atoms with Gasteiger partial charge in [-0.2, -0.15) is 0 Å². The van der Waals surface area contributed by atoms with Crippen LogP contribution < -0.4 is 10.6 Å². The van der Waals surface area contributed by atoms with Gasteiger partial charge in [-0.25, -0.2) is 15.0 Å².